The molecule has 0 spiro atoms. The second kappa shape index (κ2) is 6.62. The van der Waals surface area contributed by atoms with E-state index in [-0.39, 0.29) is 5.54 Å². The minimum Gasteiger partial charge on any atom is -0.326 e. The van der Waals surface area contributed by atoms with E-state index in [1.807, 2.05) is 20.8 Å². The summed E-state index contributed by atoms with van der Waals surface area (Å²) < 4.78 is 0. The number of rotatable bonds is 2. The van der Waals surface area contributed by atoms with E-state index < -0.39 is 0 Å². The van der Waals surface area contributed by atoms with Gasteiger partial charge in [-0.2, -0.15) is 0 Å². The maximum Gasteiger partial charge on any atom is 0.00686 e. The highest BCUT2D eigenvalue weighted by molar-refractivity contribution is 5.14. The van der Waals surface area contributed by atoms with E-state index in [1.54, 1.807) is 0 Å². The van der Waals surface area contributed by atoms with Crippen molar-refractivity contribution in [2.75, 3.05) is 0 Å². The number of hydrogen-bond donors (Lipinski definition) is 1. The Morgan fingerprint density at radius 3 is 1.80 bits per heavy atom. The molecular weight excluding hydrogens is 182 g/mol. The zero-order valence-corrected chi connectivity index (χ0v) is 10.7. The Morgan fingerprint density at radius 1 is 1.07 bits per heavy atom. The van der Waals surface area contributed by atoms with Gasteiger partial charge in [-0.15, -0.1) is 0 Å². The molecule has 2 N–H and O–H groups in total. The van der Waals surface area contributed by atoms with Crippen LogP contribution < -0.4 is 5.73 Å². The van der Waals surface area contributed by atoms with Crippen molar-refractivity contribution in [2.45, 2.75) is 46.6 Å². The molecule has 0 aliphatic heterocycles. The van der Waals surface area contributed by atoms with Crippen LogP contribution in [0.5, 0.6) is 0 Å². The smallest absolute Gasteiger partial charge is 0.00686 e. The first-order valence-electron chi connectivity index (χ1n) is 5.62. The number of nitrogens with two attached hydrogens (primary N) is 1. The van der Waals surface area contributed by atoms with Gasteiger partial charge in [0.05, 0.1) is 0 Å². The second-order valence-electron chi connectivity index (χ2n) is 5.45. The van der Waals surface area contributed by atoms with Crippen molar-refractivity contribution in [1.82, 2.24) is 0 Å². The lowest BCUT2D eigenvalue weighted by Gasteiger charge is -2.06. The van der Waals surface area contributed by atoms with Crippen LogP contribution in [-0.4, -0.2) is 5.54 Å². The highest BCUT2D eigenvalue weighted by Crippen LogP contribution is 2.05. The Morgan fingerprint density at radius 2 is 1.47 bits per heavy atom. The molecule has 0 aliphatic rings. The molecule has 0 atom stereocenters. The molecule has 0 amide bonds. The molecule has 0 saturated carbocycles. The minimum atomic E-state index is 0. The zero-order chi connectivity index (χ0) is 11.9. The largest absolute Gasteiger partial charge is 0.326 e. The summed E-state index contributed by atoms with van der Waals surface area (Å²) in [4.78, 5) is 0. The van der Waals surface area contributed by atoms with Gasteiger partial charge in [0.15, 0.2) is 0 Å². The molecule has 1 heteroatoms. The van der Waals surface area contributed by atoms with Crippen molar-refractivity contribution in [1.29, 1.82) is 0 Å². The van der Waals surface area contributed by atoms with E-state index in [0.29, 0.717) is 0 Å². The van der Waals surface area contributed by atoms with Gasteiger partial charge >= 0.3 is 0 Å². The predicted molar refractivity (Wildman–Crippen MR) is 68.9 cm³/mol. The third kappa shape index (κ3) is 13.2. The second-order valence-corrected chi connectivity index (χ2v) is 5.45. The summed E-state index contributed by atoms with van der Waals surface area (Å²) in [5, 5.41) is 0. The van der Waals surface area contributed by atoms with Gasteiger partial charge in [0.25, 0.3) is 0 Å². The lowest BCUT2D eigenvalue weighted by molar-refractivity contribution is 0.580. The van der Waals surface area contributed by atoms with Crippen LogP contribution in [0.2, 0.25) is 0 Å². The maximum atomic E-state index is 5.35. The Hall–Kier alpha value is -0.820. The fourth-order valence-electron chi connectivity index (χ4n) is 1.09. The van der Waals surface area contributed by atoms with E-state index in [4.69, 9.17) is 5.73 Å². The predicted octanol–water partition coefficient (Wildman–Crippen LogP) is 3.63. The highest BCUT2D eigenvalue weighted by Gasteiger charge is 1.95. The molecule has 1 aromatic rings. The van der Waals surface area contributed by atoms with Gasteiger partial charge in [-0.1, -0.05) is 44.2 Å². The lowest BCUT2D eigenvalue weighted by atomic mass is 10.0. The summed E-state index contributed by atoms with van der Waals surface area (Å²) in [6.45, 7) is 10.4. The van der Waals surface area contributed by atoms with Crippen LogP contribution >= 0.6 is 0 Å². The first-order valence-corrected chi connectivity index (χ1v) is 5.62. The van der Waals surface area contributed by atoms with Gasteiger partial charge in [0.2, 0.25) is 0 Å². The third-order valence-corrected chi connectivity index (χ3v) is 1.49. The molecule has 15 heavy (non-hydrogen) atoms. The number of hydrogen-bond acceptors (Lipinski definition) is 1. The van der Waals surface area contributed by atoms with E-state index >= 15 is 0 Å². The molecule has 0 saturated heterocycles. The zero-order valence-electron chi connectivity index (χ0n) is 10.7. The Bertz CT molecular complexity index is 238. The molecule has 1 aromatic carbocycles. The monoisotopic (exact) mass is 207 g/mol. The lowest BCUT2D eigenvalue weighted by Crippen LogP contribution is -2.26. The molecule has 1 nitrogen and oxygen atoms in total. The molecule has 0 aromatic heterocycles. The molecule has 0 fully saturated rings. The average Bonchev–Trinajstić information content (AvgIpc) is 2.01. The third-order valence-electron chi connectivity index (χ3n) is 1.49. The molecule has 0 radical (unpaired) electrons. The van der Waals surface area contributed by atoms with Gasteiger partial charge < -0.3 is 5.73 Å². The molecule has 0 aliphatic carbocycles. The summed E-state index contributed by atoms with van der Waals surface area (Å²) in [5.41, 5.74) is 6.80. The van der Waals surface area contributed by atoms with Gasteiger partial charge in [0.1, 0.15) is 0 Å². The highest BCUT2D eigenvalue weighted by atomic mass is 14.7. The normalized spacial score (nSPS) is 10.9. The summed E-state index contributed by atoms with van der Waals surface area (Å²) >= 11 is 0. The standard InChI is InChI=1S/C10H14.C4H11N/c1-9(2)8-10-6-4-3-5-7-10;1-4(2,3)5/h3-7,9H,8H2,1-2H3;5H2,1-3H3. The van der Waals surface area contributed by atoms with Crippen molar-refractivity contribution in [3.05, 3.63) is 35.9 Å². The summed E-state index contributed by atoms with van der Waals surface area (Å²) in [6.07, 6.45) is 1.20. The van der Waals surface area contributed by atoms with Crippen molar-refractivity contribution in [3.8, 4) is 0 Å². The molecule has 0 heterocycles. The number of benzene rings is 1. The fourth-order valence-corrected chi connectivity index (χ4v) is 1.09. The average molecular weight is 207 g/mol. The minimum absolute atomic E-state index is 0. The van der Waals surface area contributed by atoms with Crippen LogP contribution in [0.1, 0.15) is 40.2 Å². The van der Waals surface area contributed by atoms with Gasteiger partial charge in [-0.25, -0.2) is 0 Å². The van der Waals surface area contributed by atoms with Crippen molar-refractivity contribution >= 4 is 0 Å². The summed E-state index contributed by atoms with van der Waals surface area (Å²) in [5.74, 6) is 0.766. The van der Waals surface area contributed by atoms with Gasteiger partial charge in [0, 0.05) is 5.54 Å². The van der Waals surface area contributed by atoms with Crippen molar-refractivity contribution in [2.24, 2.45) is 11.7 Å². The first kappa shape index (κ1) is 14.2. The summed E-state index contributed by atoms with van der Waals surface area (Å²) in [6, 6.07) is 10.6. The van der Waals surface area contributed by atoms with E-state index in [1.165, 1.54) is 12.0 Å². The Labute approximate surface area is 94.7 Å². The van der Waals surface area contributed by atoms with Gasteiger partial charge in [-0.05, 0) is 38.7 Å². The van der Waals surface area contributed by atoms with Crippen LogP contribution in [-0.2, 0) is 6.42 Å². The molecular formula is C14H25N. The van der Waals surface area contributed by atoms with Gasteiger partial charge in [-0.3, -0.25) is 0 Å². The molecule has 86 valence electrons. The molecule has 0 unspecified atom stereocenters. The Kier molecular flexibility index (Phi) is 6.26. The van der Waals surface area contributed by atoms with Crippen LogP contribution in [0.3, 0.4) is 0 Å². The first-order chi connectivity index (χ1) is 6.79. The molecule has 0 bridgehead atoms. The Balaban J connectivity index is 0.000000336. The quantitative estimate of drug-likeness (QED) is 0.787. The van der Waals surface area contributed by atoms with E-state index in [0.717, 1.165) is 5.92 Å². The van der Waals surface area contributed by atoms with E-state index in [9.17, 15) is 0 Å². The topological polar surface area (TPSA) is 26.0 Å². The van der Waals surface area contributed by atoms with Crippen LogP contribution in [0.25, 0.3) is 0 Å². The van der Waals surface area contributed by atoms with Crippen LogP contribution in [0, 0.1) is 5.92 Å². The summed E-state index contributed by atoms with van der Waals surface area (Å²) in [7, 11) is 0. The maximum absolute atomic E-state index is 5.35. The van der Waals surface area contributed by atoms with Crippen molar-refractivity contribution < 1.29 is 0 Å². The van der Waals surface area contributed by atoms with Crippen LogP contribution in [0.15, 0.2) is 30.3 Å². The SMILES string of the molecule is CC(C)(C)N.CC(C)Cc1ccccc1. The molecule has 1 rings (SSSR count). The van der Waals surface area contributed by atoms with E-state index in [2.05, 4.69) is 44.2 Å². The van der Waals surface area contributed by atoms with Crippen LogP contribution in [0.4, 0.5) is 0 Å². The van der Waals surface area contributed by atoms with Crippen molar-refractivity contribution in [3.63, 3.8) is 0 Å². The fraction of sp³-hybridized carbons (Fsp3) is 0.571.